The van der Waals surface area contributed by atoms with Crippen molar-refractivity contribution in [1.29, 1.82) is 0 Å². The first-order valence-corrected chi connectivity index (χ1v) is 10.6. The number of fused-ring (bicyclic) bond motifs is 1. The summed E-state index contributed by atoms with van der Waals surface area (Å²) < 4.78 is 40.2. The first-order valence-electron chi connectivity index (χ1n) is 10.6. The Morgan fingerprint density at radius 2 is 2.13 bits per heavy atom. The lowest BCUT2D eigenvalue weighted by Crippen LogP contribution is -2.44. The van der Waals surface area contributed by atoms with Crippen LogP contribution in [0, 0.1) is 0 Å². The molecule has 0 radical (unpaired) electrons. The number of ether oxygens (including phenoxy) is 2. The monoisotopic (exact) mass is 428 g/mol. The van der Waals surface area contributed by atoms with Crippen LogP contribution >= 0.6 is 0 Å². The van der Waals surface area contributed by atoms with Gasteiger partial charge in [-0.05, 0) is 12.8 Å². The van der Waals surface area contributed by atoms with E-state index in [-0.39, 0.29) is 43.4 Å². The third kappa shape index (κ3) is 4.99. The van der Waals surface area contributed by atoms with Crippen LogP contribution in [0.1, 0.15) is 44.3 Å². The van der Waals surface area contributed by atoms with Crippen molar-refractivity contribution in [1.82, 2.24) is 20.2 Å². The summed E-state index contributed by atoms with van der Waals surface area (Å²) >= 11 is 0. The maximum absolute atomic E-state index is 13.3. The van der Waals surface area contributed by atoms with Gasteiger partial charge in [0.25, 0.3) is 0 Å². The number of halogens is 2. The molecule has 0 unspecified atom stereocenters. The van der Waals surface area contributed by atoms with Crippen LogP contribution in [-0.2, 0) is 27.9 Å². The number of aliphatic hydroxyl groups excluding tert-OH is 1. The highest BCUT2D eigenvalue weighted by Gasteiger charge is 2.50. The van der Waals surface area contributed by atoms with Crippen LogP contribution in [0.4, 0.5) is 8.78 Å². The van der Waals surface area contributed by atoms with Gasteiger partial charge < -0.3 is 29.8 Å². The van der Waals surface area contributed by atoms with Crippen molar-refractivity contribution in [2.75, 3.05) is 6.54 Å². The number of amides is 1. The predicted molar refractivity (Wildman–Crippen MR) is 103 cm³/mol. The van der Waals surface area contributed by atoms with E-state index < -0.39 is 24.2 Å². The van der Waals surface area contributed by atoms with Gasteiger partial charge in [-0.25, -0.2) is 13.8 Å². The molecule has 8 nitrogen and oxygen atoms in total. The van der Waals surface area contributed by atoms with Gasteiger partial charge >= 0.3 is 0 Å². The average Bonchev–Trinajstić information content (AvgIpc) is 3.36. The smallest absolute Gasteiger partial charge is 0.248 e. The molecule has 1 aromatic heterocycles. The Morgan fingerprint density at radius 1 is 1.37 bits per heavy atom. The van der Waals surface area contributed by atoms with Gasteiger partial charge in [-0.3, -0.25) is 4.79 Å². The molecule has 10 heteroatoms. The molecule has 3 aliphatic rings. The lowest BCUT2D eigenvalue weighted by molar-refractivity contribution is -0.125. The van der Waals surface area contributed by atoms with Gasteiger partial charge in [0.15, 0.2) is 0 Å². The minimum Gasteiger partial charge on any atom is -0.388 e. The van der Waals surface area contributed by atoms with Crippen molar-refractivity contribution in [3.8, 4) is 0 Å². The Hall–Kier alpha value is -1.62. The number of nitrogens with one attached hydrogen (secondary N) is 2. The molecule has 3 heterocycles. The summed E-state index contributed by atoms with van der Waals surface area (Å²) in [6.45, 7) is 0.754. The molecular formula is C20H30F2N4O4. The lowest BCUT2D eigenvalue weighted by Gasteiger charge is -2.30. The van der Waals surface area contributed by atoms with Crippen LogP contribution in [-0.4, -0.2) is 69.6 Å². The summed E-state index contributed by atoms with van der Waals surface area (Å²) in [4.78, 5) is 16.4. The second-order valence-corrected chi connectivity index (χ2v) is 8.64. The van der Waals surface area contributed by atoms with Crippen LogP contribution < -0.4 is 10.6 Å². The van der Waals surface area contributed by atoms with Crippen molar-refractivity contribution in [2.45, 2.75) is 87.6 Å². The molecular weight excluding hydrogens is 398 g/mol. The third-order valence-electron chi connectivity index (χ3n) is 6.38. The van der Waals surface area contributed by atoms with Crippen molar-refractivity contribution in [3.05, 3.63) is 18.2 Å². The summed E-state index contributed by atoms with van der Waals surface area (Å²) in [5.41, 5.74) is 0. The molecule has 0 bridgehead atoms. The number of aryl methyl sites for hydroxylation is 1. The zero-order valence-corrected chi connectivity index (χ0v) is 17.1. The van der Waals surface area contributed by atoms with Crippen molar-refractivity contribution in [3.63, 3.8) is 0 Å². The van der Waals surface area contributed by atoms with Crippen LogP contribution in [0.25, 0.3) is 0 Å². The SMILES string of the molecule is Cn1ccnc1CNC(=O)C[C@@H]1C[C@H]2O[C@H](CNC3CCC(F)(F)CC3)[C@@H](O)[C@H]2O1. The van der Waals surface area contributed by atoms with Gasteiger partial charge in [0, 0.05) is 51.3 Å². The van der Waals surface area contributed by atoms with E-state index in [9.17, 15) is 18.7 Å². The van der Waals surface area contributed by atoms with Crippen LogP contribution in [0.2, 0.25) is 0 Å². The molecule has 0 spiro atoms. The number of rotatable bonds is 7. The van der Waals surface area contributed by atoms with Crippen LogP contribution in [0.3, 0.4) is 0 Å². The van der Waals surface area contributed by atoms with Gasteiger partial charge in [-0.1, -0.05) is 0 Å². The lowest BCUT2D eigenvalue weighted by atomic mass is 9.92. The molecule has 5 atom stereocenters. The molecule has 1 saturated carbocycles. The van der Waals surface area contributed by atoms with Gasteiger partial charge in [0.2, 0.25) is 11.8 Å². The fraction of sp³-hybridized carbons (Fsp3) is 0.800. The van der Waals surface area contributed by atoms with Crippen molar-refractivity contribution >= 4 is 5.91 Å². The van der Waals surface area contributed by atoms with Gasteiger partial charge in [-0.15, -0.1) is 0 Å². The second kappa shape index (κ2) is 8.86. The molecule has 1 amide bonds. The summed E-state index contributed by atoms with van der Waals surface area (Å²) in [5.74, 6) is -1.92. The first kappa shape index (κ1) is 21.6. The Labute approximate surface area is 174 Å². The maximum Gasteiger partial charge on any atom is 0.248 e. The molecule has 2 saturated heterocycles. The minimum atomic E-state index is -2.55. The molecule has 3 N–H and O–H groups in total. The van der Waals surface area contributed by atoms with Crippen molar-refractivity contribution < 1.29 is 28.2 Å². The predicted octanol–water partition coefficient (Wildman–Crippen LogP) is 0.880. The number of hydrogen-bond donors (Lipinski definition) is 3. The van der Waals surface area contributed by atoms with Gasteiger partial charge in [0.1, 0.15) is 18.0 Å². The summed E-state index contributed by atoms with van der Waals surface area (Å²) in [6, 6.07) is 0.0249. The maximum atomic E-state index is 13.3. The molecule has 4 rings (SSSR count). The standard InChI is InChI=1S/C20H30F2N4O4/c1-26-7-6-23-16(26)11-25-17(27)9-13-8-14-19(29-13)18(28)15(30-14)10-24-12-2-4-20(21,22)5-3-12/h6-7,12-15,18-19,24,28H,2-5,8-11H2,1H3,(H,25,27)/t13-,14+,15+,18+,19-/m0/s1. The number of imidazole rings is 1. The van der Waals surface area contributed by atoms with Gasteiger partial charge in [-0.2, -0.15) is 0 Å². The number of nitrogens with zero attached hydrogens (tertiary/aromatic N) is 2. The molecule has 3 fully saturated rings. The number of aliphatic hydroxyl groups is 1. The number of carbonyl (C=O) groups is 1. The van der Waals surface area contributed by atoms with E-state index in [2.05, 4.69) is 15.6 Å². The summed E-state index contributed by atoms with van der Waals surface area (Å²) in [6.07, 6.45) is 2.65. The fourth-order valence-electron chi connectivity index (χ4n) is 4.56. The Kier molecular flexibility index (Phi) is 6.38. The topological polar surface area (TPSA) is 97.6 Å². The first-order chi connectivity index (χ1) is 14.3. The largest absolute Gasteiger partial charge is 0.388 e. The number of carbonyl (C=O) groups excluding carboxylic acids is 1. The Bertz CT molecular complexity index is 736. The minimum absolute atomic E-state index is 0.0249. The van der Waals surface area contributed by atoms with E-state index in [1.165, 1.54) is 0 Å². The highest BCUT2D eigenvalue weighted by molar-refractivity contribution is 5.76. The summed E-state index contributed by atoms with van der Waals surface area (Å²) in [7, 11) is 1.86. The van der Waals surface area contributed by atoms with E-state index >= 15 is 0 Å². The van der Waals surface area contributed by atoms with E-state index in [0.717, 1.165) is 5.82 Å². The normalized spacial score (nSPS) is 33.5. The van der Waals surface area contributed by atoms with Crippen LogP contribution in [0.15, 0.2) is 12.4 Å². The number of aromatic nitrogens is 2. The summed E-state index contributed by atoms with van der Waals surface area (Å²) in [5, 5.41) is 16.6. The quantitative estimate of drug-likeness (QED) is 0.597. The number of hydrogen-bond acceptors (Lipinski definition) is 6. The van der Waals surface area contributed by atoms with E-state index in [1.54, 1.807) is 6.20 Å². The Balaban J connectivity index is 1.17. The zero-order chi connectivity index (χ0) is 21.3. The zero-order valence-electron chi connectivity index (χ0n) is 17.1. The van der Waals surface area contributed by atoms with E-state index in [1.807, 2.05) is 17.8 Å². The average molecular weight is 428 g/mol. The van der Waals surface area contributed by atoms with Gasteiger partial charge in [0.05, 0.1) is 31.3 Å². The van der Waals surface area contributed by atoms with Crippen molar-refractivity contribution in [2.24, 2.45) is 7.05 Å². The fourth-order valence-corrected chi connectivity index (χ4v) is 4.56. The molecule has 1 aromatic rings. The van der Waals surface area contributed by atoms with Crippen LogP contribution in [0.5, 0.6) is 0 Å². The van der Waals surface area contributed by atoms with E-state index in [0.29, 0.717) is 32.4 Å². The molecule has 30 heavy (non-hydrogen) atoms. The molecule has 1 aliphatic carbocycles. The highest BCUT2D eigenvalue weighted by atomic mass is 19.3. The number of alkyl halides is 2. The Morgan fingerprint density at radius 3 is 2.80 bits per heavy atom. The molecule has 168 valence electrons. The second-order valence-electron chi connectivity index (χ2n) is 8.64. The highest BCUT2D eigenvalue weighted by Crippen LogP contribution is 2.36. The molecule has 2 aliphatic heterocycles. The third-order valence-corrected chi connectivity index (χ3v) is 6.38. The van der Waals surface area contributed by atoms with E-state index in [4.69, 9.17) is 9.47 Å². The molecule has 0 aromatic carbocycles.